The van der Waals surface area contributed by atoms with Crippen LogP contribution in [0.25, 0.3) is 0 Å². The minimum Gasteiger partial charge on any atom is -0.338 e. The molecule has 0 bridgehead atoms. The van der Waals surface area contributed by atoms with E-state index in [1.54, 1.807) is 0 Å². The molecule has 1 saturated carbocycles. The van der Waals surface area contributed by atoms with E-state index in [4.69, 9.17) is 4.89 Å². The summed E-state index contributed by atoms with van der Waals surface area (Å²) in [7, 11) is 1.50. The summed E-state index contributed by atoms with van der Waals surface area (Å²) in [4.78, 5) is 9.44. The van der Waals surface area contributed by atoms with Crippen LogP contribution >= 0.6 is 0 Å². The average Bonchev–Trinajstić information content (AvgIpc) is 3.01. The van der Waals surface area contributed by atoms with E-state index < -0.39 is 0 Å². The topological polar surface area (TPSA) is 30.5 Å². The van der Waals surface area contributed by atoms with Crippen molar-refractivity contribution in [3.8, 4) is 5.75 Å². The van der Waals surface area contributed by atoms with Gasteiger partial charge in [-0.1, -0.05) is 12.1 Å². The van der Waals surface area contributed by atoms with Gasteiger partial charge >= 0.3 is 0 Å². The molecule has 1 aromatic carbocycles. The van der Waals surface area contributed by atoms with Crippen LogP contribution in [0.3, 0.4) is 0 Å². The molecule has 1 aliphatic rings. The Labute approximate surface area is 84.0 Å². The second kappa shape index (κ2) is 4.44. The number of benzene rings is 1. The van der Waals surface area contributed by atoms with E-state index in [1.165, 1.54) is 25.5 Å². The van der Waals surface area contributed by atoms with Crippen LogP contribution < -0.4 is 10.2 Å². The Balaban J connectivity index is 1.84. The number of rotatable bonds is 5. The fourth-order valence-electron chi connectivity index (χ4n) is 1.31. The predicted octanol–water partition coefficient (Wildman–Crippen LogP) is 1.88. The molecular formula is C11H15NO2. The lowest BCUT2D eigenvalue weighted by molar-refractivity contribution is -0.178. The molecule has 1 N–H and O–H groups in total. The molecule has 0 amide bonds. The molecule has 2 rings (SSSR count). The maximum Gasteiger partial charge on any atom is 0.165 e. The van der Waals surface area contributed by atoms with Crippen LogP contribution in [-0.2, 0) is 11.4 Å². The molecule has 0 atom stereocenters. The van der Waals surface area contributed by atoms with Gasteiger partial charge in [-0.2, -0.15) is 4.89 Å². The van der Waals surface area contributed by atoms with E-state index in [2.05, 4.69) is 10.2 Å². The highest BCUT2D eigenvalue weighted by molar-refractivity contribution is 5.26. The Morgan fingerprint density at radius 2 is 2.00 bits per heavy atom. The normalized spacial score (nSPS) is 15.5. The monoisotopic (exact) mass is 193 g/mol. The fraction of sp³-hybridized carbons (Fsp3) is 0.455. The summed E-state index contributed by atoms with van der Waals surface area (Å²) in [6.07, 6.45) is 2.65. The highest BCUT2D eigenvalue weighted by atomic mass is 17.2. The van der Waals surface area contributed by atoms with Crippen molar-refractivity contribution in [2.75, 3.05) is 7.11 Å². The van der Waals surface area contributed by atoms with Crippen LogP contribution in [0.4, 0.5) is 0 Å². The summed E-state index contributed by atoms with van der Waals surface area (Å²) in [5.41, 5.74) is 1.28. The molecule has 1 aromatic rings. The molecule has 0 radical (unpaired) electrons. The smallest absolute Gasteiger partial charge is 0.165 e. The van der Waals surface area contributed by atoms with Crippen molar-refractivity contribution >= 4 is 0 Å². The summed E-state index contributed by atoms with van der Waals surface area (Å²) in [6.45, 7) is 0.942. The third kappa shape index (κ3) is 2.72. The third-order valence-electron chi connectivity index (χ3n) is 2.28. The molecule has 0 spiro atoms. The van der Waals surface area contributed by atoms with E-state index >= 15 is 0 Å². The lowest BCUT2D eigenvalue weighted by atomic mass is 10.2. The quantitative estimate of drug-likeness (QED) is 0.572. The van der Waals surface area contributed by atoms with E-state index in [0.717, 1.165) is 18.3 Å². The molecule has 1 fully saturated rings. The van der Waals surface area contributed by atoms with Gasteiger partial charge in [-0.25, -0.2) is 0 Å². The fourth-order valence-corrected chi connectivity index (χ4v) is 1.31. The van der Waals surface area contributed by atoms with Gasteiger partial charge < -0.3 is 10.2 Å². The lowest BCUT2D eigenvalue weighted by Crippen LogP contribution is -2.15. The lowest BCUT2D eigenvalue weighted by Gasteiger charge is -2.04. The first kappa shape index (κ1) is 9.49. The van der Waals surface area contributed by atoms with Crippen LogP contribution in [0.15, 0.2) is 24.3 Å². The number of hydrogen-bond acceptors (Lipinski definition) is 3. The molecule has 14 heavy (non-hydrogen) atoms. The molecule has 3 heteroatoms. The predicted molar refractivity (Wildman–Crippen MR) is 53.9 cm³/mol. The van der Waals surface area contributed by atoms with Crippen LogP contribution in [0.5, 0.6) is 5.75 Å². The Kier molecular flexibility index (Phi) is 3.01. The molecule has 0 aromatic heterocycles. The number of nitrogens with one attached hydrogen (secondary N) is 1. The third-order valence-corrected chi connectivity index (χ3v) is 2.28. The summed E-state index contributed by atoms with van der Waals surface area (Å²) in [5, 5.41) is 3.45. The van der Waals surface area contributed by atoms with Crippen LogP contribution in [0.1, 0.15) is 18.4 Å². The maximum absolute atomic E-state index is 4.88. The first-order valence-corrected chi connectivity index (χ1v) is 4.91. The molecule has 0 heterocycles. The van der Waals surface area contributed by atoms with E-state index in [1.807, 2.05) is 24.3 Å². The second-order valence-corrected chi connectivity index (χ2v) is 3.55. The minimum absolute atomic E-state index is 0.739. The largest absolute Gasteiger partial charge is 0.338 e. The Morgan fingerprint density at radius 3 is 2.57 bits per heavy atom. The second-order valence-electron chi connectivity index (χ2n) is 3.55. The average molecular weight is 193 g/mol. The zero-order chi connectivity index (χ0) is 9.80. The van der Waals surface area contributed by atoms with Crippen molar-refractivity contribution in [3.05, 3.63) is 29.8 Å². The molecule has 0 unspecified atom stereocenters. The molecule has 3 nitrogen and oxygen atoms in total. The van der Waals surface area contributed by atoms with Crippen molar-refractivity contribution in [2.24, 2.45) is 0 Å². The molecule has 76 valence electrons. The zero-order valence-corrected chi connectivity index (χ0v) is 8.32. The summed E-state index contributed by atoms with van der Waals surface area (Å²) in [5.74, 6) is 0.739. The van der Waals surface area contributed by atoms with Gasteiger partial charge in [0, 0.05) is 12.6 Å². The highest BCUT2D eigenvalue weighted by Crippen LogP contribution is 2.19. The van der Waals surface area contributed by atoms with Crippen molar-refractivity contribution in [1.82, 2.24) is 5.32 Å². The SMILES string of the molecule is COOc1ccc(CNC2CC2)cc1. The van der Waals surface area contributed by atoms with Gasteiger partial charge in [0.1, 0.15) is 0 Å². The van der Waals surface area contributed by atoms with Gasteiger partial charge in [0.05, 0.1) is 7.11 Å². The van der Waals surface area contributed by atoms with Gasteiger partial charge in [-0.3, -0.25) is 0 Å². The van der Waals surface area contributed by atoms with E-state index in [0.29, 0.717) is 0 Å². The van der Waals surface area contributed by atoms with Gasteiger partial charge in [0.2, 0.25) is 0 Å². The molecule has 1 aliphatic carbocycles. The summed E-state index contributed by atoms with van der Waals surface area (Å²) >= 11 is 0. The first-order valence-electron chi connectivity index (χ1n) is 4.91. The Bertz CT molecular complexity index is 280. The van der Waals surface area contributed by atoms with Crippen LogP contribution in [0.2, 0.25) is 0 Å². The maximum atomic E-state index is 4.88. The van der Waals surface area contributed by atoms with Crippen molar-refractivity contribution in [3.63, 3.8) is 0 Å². The molecule has 0 saturated heterocycles. The Morgan fingerprint density at radius 1 is 1.29 bits per heavy atom. The summed E-state index contributed by atoms with van der Waals surface area (Å²) < 4.78 is 0. The van der Waals surface area contributed by atoms with Gasteiger partial charge in [0.25, 0.3) is 0 Å². The van der Waals surface area contributed by atoms with Gasteiger partial charge in [0.15, 0.2) is 5.75 Å². The zero-order valence-electron chi connectivity index (χ0n) is 8.32. The molecular weight excluding hydrogens is 178 g/mol. The number of hydrogen-bond donors (Lipinski definition) is 1. The van der Waals surface area contributed by atoms with Crippen molar-refractivity contribution < 1.29 is 9.78 Å². The van der Waals surface area contributed by atoms with Crippen molar-refractivity contribution in [2.45, 2.75) is 25.4 Å². The van der Waals surface area contributed by atoms with Gasteiger partial charge in [-0.15, -0.1) is 0 Å². The van der Waals surface area contributed by atoms with E-state index in [-0.39, 0.29) is 0 Å². The first-order chi connectivity index (χ1) is 6.88. The Hall–Kier alpha value is -1.06. The van der Waals surface area contributed by atoms with E-state index in [9.17, 15) is 0 Å². The molecule has 0 aliphatic heterocycles. The van der Waals surface area contributed by atoms with Gasteiger partial charge in [-0.05, 0) is 30.5 Å². The van der Waals surface area contributed by atoms with Crippen molar-refractivity contribution in [1.29, 1.82) is 0 Å². The van der Waals surface area contributed by atoms with Crippen LogP contribution in [-0.4, -0.2) is 13.2 Å². The standard InChI is InChI=1S/C11H15NO2/c1-13-14-11-6-2-9(3-7-11)8-12-10-4-5-10/h2-3,6-7,10,12H,4-5,8H2,1H3. The highest BCUT2D eigenvalue weighted by Gasteiger charge is 2.19. The van der Waals surface area contributed by atoms with Crippen LogP contribution in [0, 0.1) is 0 Å². The summed E-state index contributed by atoms with van der Waals surface area (Å²) in [6, 6.07) is 8.67. The minimum atomic E-state index is 0.739.